The summed E-state index contributed by atoms with van der Waals surface area (Å²) >= 11 is 0. The maximum absolute atomic E-state index is 11.7. The number of carbonyl (C=O) groups is 1. The molecule has 134 valence electrons. The number of hydrogen-bond acceptors (Lipinski definition) is 7. The number of pyridine rings is 1. The molecule has 1 fully saturated rings. The molecule has 1 saturated heterocycles. The van der Waals surface area contributed by atoms with Gasteiger partial charge in [0.05, 0.1) is 6.10 Å². The molecule has 2 atom stereocenters. The average Bonchev–Trinajstić information content (AvgIpc) is 3.23. The van der Waals surface area contributed by atoms with E-state index in [-0.39, 0.29) is 18.5 Å². The van der Waals surface area contributed by atoms with Gasteiger partial charge in [0.2, 0.25) is 17.6 Å². The summed E-state index contributed by atoms with van der Waals surface area (Å²) in [6.45, 7) is 7.71. The van der Waals surface area contributed by atoms with Crippen LogP contribution in [-0.4, -0.2) is 56.8 Å². The normalized spacial score (nSPS) is 20.1. The SMILES string of the molecule is CCN(CC)c1ccc(-c2noc([C@H]3C[C@H](O)CN3C(C)=O)n2)cn1. The summed E-state index contributed by atoms with van der Waals surface area (Å²) < 4.78 is 5.35. The molecule has 25 heavy (non-hydrogen) atoms. The summed E-state index contributed by atoms with van der Waals surface area (Å²) in [5.74, 6) is 1.55. The van der Waals surface area contributed by atoms with Crippen molar-refractivity contribution >= 4 is 11.7 Å². The topological polar surface area (TPSA) is 95.6 Å². The Hall–Kier alpha value is -2.48. The molecule has 3 heterocycles. The van der Waals surface area contributed by atoms with E-state index in [0.29, 0.717) is 18.1 Å². The number of aromatic nitrogens is 3. The van der Waals surface area contributed by atoms with Crippen LogP contribution in [0.25, 0.3) is 11.4 Å². The van der Waals surface area contributed by atoms with Crippen molar-refractivity contribution in [2.24, 2.45) is 0 Å². The van der Waals surface area contributed by atoms with Crippen molar-refractivity contribution in [2.75, 3.05) is 24.5 Å². The third-order valence-corrected chi connectivity index (χ3v) is 4.50. The molecule has 3 rings (SSSR count). The van der Waals surface area contributed by atoms with Gasteiger partial charge in [-0.05, 0) is 26.0 Å². The number of aliphatic hydroxyl groups excluding tert-OH is 1. The Bertz CT molecular complexity index is 726. The Kier molecular flexibility index (Phi) is 4.98. The van der Waals surface area contributed by atoms with Gasteiger partial charge in [0.25, 0.3) is 0 Å². The summed E-state index contributed by atoms with van der Waals surface area (Å²) in [5, 5.41) is 13.8. The largest absolute Gasteiger partial charge is 0.391 e. The second-order valence-corrected chi connectivity index (χ2v) is 6.11. The van der Waals surface area contributed by atoms with Gasteiger partial charge < -0.3 is 19.4 Å². The van der Waals surface area contributed by atoms with Crippen molar-refractivity contribution in [1.82, 2.24) is 20.0 Å². The quantitative estimate of drug-likeness (QED) is 0.880. The minimum atomic E-state index is -0.570. The van der Waals surface area contributed by atoms with Gasteiger partial charge in [-0.15, -0.1) is 0 Å². The molecule has 0 bridgehead atoms. The van der Waals surface area contributed by atoms with Crippen LogP contribution in [0.1, 0.15) is 39.1 Å². The van der Waals surface area contributed by atoms with E-state index in [1.54, 1.807) is 11.1 Å². The first kappa shape index (κ1) is 17.3. The third-order valence-electron chi connectivity index (χ3n) is 4.50. The van der Waals surface area contributed by atoms with Crippen LogP contribution >= 0.6 is 0 Å². The van der Waals surface area contributed by atoms with Gasteiger partial charge in [-0.2, -0.15) is 4.98 Å². The van der Waals surface area contributed by atoms with Crippen LogP contribution in [0.2, 0.25) is 0 Å². The minimum absolute atomic E-state index is 0.119. The standard InChI is InChI=1S/C17H23N5O3/c1-4-21(5-2)15-7-6-12(9-18-15)16-19-17(25-20-16)14-8-13(24)10-22(14)11(3)23/h6-7,9,13-14,24H,4-5,8,10H2,1-3H3/t13-,14+/m0/s1. The lowest BCUT2D eigenvalue weighted by Crippen LogP contribution is -2.29. The molecule has 0 radical (unpaired) electrons. The van der Waals surface area contributed by atoms with Crippen LogP contribution in [0.15, 0.2) is 22.9 Å². The molecule has 1 N–H and O–H groups in total. The number of nitrogens with zero attached hydrogens (tertiary/aromatic N) is 5. The van der Waals surface area contributed by atoms with Gasteiger partial charge in [-0.1, -0.05) is 5.16 Å². The number of anilines is 1. The second-order valence-electron chi connectivity index (χ2n) is 6.11. The Morgan fingerprint density at radius 1 is 1.40 bits per heavy atom. The fraction of sp³-hybridized carbons (Fsp3) is 0.529. The smallest absolute Gasteiger partial charge is 0.249 e. The molecule has 0 unspecified atom stereocenters. The van der Waals surface area contributed by atoms with Gasteiger partial charge in [-0.3, -0.25) is 4.79 Å². The Morgan fingerprint density at radius 3 is 2.76 bits per heavy atom. The van der Waals surface area contributed by atoms with E-state index in [1.165, 1.54) is 6.92 Å². The maximum atomic E-state index is 11.7. The maximum Gasteiger partial charge on any atom is 0.249 e. The van der Waals surface area contributed by atoms with E-state index in [4.69, 9.17) is 4.52 Å². The summed E-state index contributed by atoms with van der Waals surface area (Å²) in [6.07, 6.45) is 1.55. The highest BCUT2D eigenvalue weighted by atomic mass is 16.5. The Morgan fingerprint density at radius 2 is 2.16 bits per heavy atom. The van der Waals surface area contributed by atoms with Crippen molar-refractivity contribution in [3.8, 4) is 11.4 Å². The lowest BCUT2D eigenvalue weighted by molar-refractivity contribution is -0.130. The summed E-state index contributed by atoms with van der Waals surface area (Å²) in [4.78, 5) is 24.3. The van der Waals surface area contributed by atoms with E-state index in [9.17, 15) is 9.90 Å². The molecule has 1 amide bonds. The van der Waals surface area contributed by atoms with Crippen molar-refractivity contribution in [2.45, 2.75) is 39.3 Å². The molecule has 0 aliphatic carbocycles. The van der Waals surface area contributed by atoms with E-state index in [2.05, 4.69) is 33.9 Å². The van der Waals surface area contributed by atoms with Crippen LogP contribution in [0.4, 0.5) is 5.82 Å². The minimum Gasteiger partial charge on any atom is -0.391 e. The zero-order valence-corrected chi connectivity index (χ0v) is 14.7. The molecule has 1 aliphatic rings. The highest BCUT2D eigenvalue weighted by Gasteiger charge is 2.37. The van der Waals surface area contributed by atoms with Gasteiger partial charge in [0.1, 0.15) is 11.9 Å². The average molecular weight is 345 g/mol. The number of rotatable bonds is 5. The first-order chi connectivity index (χ1) is 12.0. The van der Waals surface area contributed by atoms with Crippen LogP contribution in [0.3, 0.4) is 0 Å². The van der Waals surface area contributed by atoms with Crippen molar-refractivity contribution < 1.29 is 14.4 Å². The molecule has 1 aliphatic heterocycles. The number of amides is 1. The zero-order chi connectivity index (χ0) is 18.0. The highest BCUT2D eigenvalue weighted by Crippen LogP contribution is 2.32. The molecular weight excluding hydrogens is 322 g/mol. The van der Waals surface area contributed by atoms with Crippen LogP contribution < -0.4 is 4.90 Å². The summed E-state index contributed by atoms with van der Waals surface area (Å²) in [6, 6.07) is 3.46. The van der Waals surface area contributed by atoms with Gasteiger partial charge in [-0.25, -0.2) is 4.98 Å². The molecule has 0 spiro atoms. The predicted octanol–water partition coefficient (Wildman–Crippen LogP) is 1.63. The van der Waals surface area contributed by atoms with E-state index < -0.39 is 6.10 Å². The molecule has 0 aromatic carbocycles. The number of hydrogen-bond donors (Lipinski definition) is 1. The van der Waals surface area contributed by atoms with Crippen molar-refractivity contribution in [1.29, 1.82) is 0 Å². The second kappa shape index (κ2) is 7.18. The molecule has 8 nitrogen and oxygen atoms in total. The van der Waals surface area contributed by atoms with E-state index in [0.717, 1.165) is 24.5 Å². The van der Waals surface area contributed by atoms with Gasteiger partial charge in [0, 0.05) is 44.7 Å². The van der Waals surface area contributed by atoms with Crippen LogP contribution in [-0.2, 0) is 4.79 Å². The number of aliphatic hydroxyl groups is 1. The van der Waals surface area contributed by atoms with Crippen LogP contribution in [0, 0.1) is 0 Å². The summed E-state index contributed by atoms with van der Waals surface area (Å²) in [7, 11) is 0. The first-order valence-electron chi connectivity index (χ1n) is 8.53. The van der Waals surface area contributed by atoms with Gasteiger partial charge in [0.15, 0.2) is 0 Å². The molecule has 2 aromatic rings. The monoisotopic (exact) mass is 345 g/mol. The fourth-order valence-corrected chi connectivity index (χ4v) is 3.14. The Labute approximate surface area is 146 Å². The first-order valence-corrected chi connectivity index (χ1v) is 8.53. The van der Waals surface area contributed by atoms with Crippen LogP contribution in [0.5, 0.6) is 0 Å². The van der Waals surface area contributed by atoms with Gasteiger partial charge >= 0.3 is 0 Å². The molecule has 8 heteroatoms. The number of likely N-dealkylation sites (tertiary alicyclic amines) is 1. The van der Waals surface area contributed by atoms with Crippen molar-refractivity contribution in [3.05, 3.63) is 24.2 Å². The van der Waals surface area contributed by atoms with E-state index >= 15 is 0 Å². The number of β-amino-alcohol motifs (C(OH)–C–C–N with tert-alkyl or cyclic N) is 1. The summed E-state index contributed by atoms with van der Waals surface area (Å²) in [5.41, 5.74) is 0.749. The third kappa shape index (κ3) is 3.48. The van der Waals surface area contributed by atoms with Crippen molar-refractivity contribution in [3.63, 3.8) is 0 Å². The lowest BCUT2D eigenvalue weighted by Gasteiger charge is -2.19. The lowest BCUT2D eigenvalue weighted by atomic mass is 10.2. The molecular formula is C17H23N5O3. The zero-order valence-electron chi connectivity index (χ0n) is 14.7. The fourth-order valence-electron chi connectivity index (χ4n) is 3.14. The van der Waals surface area contributed by atoms with E-state index in [1.807, 2.05) is 12.1 Å². The predicted molar refractivity (Wildman–Crippen MR) is 91.8 cm³/mol. The Balaban J connectivity index is 1.80. The number of carbonyl (C=O) groups excluding carboxylic acids is 1. The molecule has 0 saturated carbocycles. The highest BCUT2D eigenvalue weighted by molar-refractivity contribution is 5.74. The molecule has 2 aromatic heterocycles.